The molecule has 0 radical (unpaired) electrons. The van der Waals surface area contributed by atoms with Gasteiger partial charge in [0.25, 0.3) is 0 Å². The minimum absolute atomic E-state index is 0. The van der Waals surface area contributed by atoms with Crippen molar-refractivity contribution in [3.8, 4) is 0 Å². The molecule has 0 bridgehead atoms. The van der Waals surface area contributed by atoms with Gasteiger partial charge in [-0.05, 0) is 26.3 Å². The minimum atomic E-state index is 0. The predicted molar refractivity (Wildman–Crippen MR) is 119 cm³/mol. The monoisotopic (exact) mass is 472 g/mol. The highest BCUT2D eigenvalue weighted by atomic mass is 127. The van der Waals surface area contributed by atoms with Crippen molar-refractivity contribution in [2.75, 3.05) is 13.1 Å². The second kappa shape index (κ2) is 10.1. The molecule has 2 rings (SSSR count). The number of thiazole rings is 1. The van der Waals surface area contributed by atoms with Gasteiger partial charge in [-0.2, -0.15) is 0 Å². The maximum absolute atomic E-state index is 4.65. The molecule has 2 aromatic rings. The average Bonchev–Trinajstić information content (AvgIpc) is 2.95. The van der Waals surface area contributed by atoms with Crippen LogP contribution < -0.4 is 10.6 Å². The normalized spacial score (nSPS) is 11.8. The standard InChI is InChI=1S/C19H28N4S.HI/c1-6-20-18(22-12-17-21-11-15(3)24-17)23-13-19(4,5)16-9-7-8-14(2)10-16;/h7-11H,6,12-13H2,1-5H3,(H2,20,22,23);1H. The fourth-order valence-electron chi connectivity index (χ4n) is 2.44. The van der Waals surface area contributed by atoms with Gasteiger partial charge in [-0.1, -0.05) is 43.7 Å². The van der Waals surface area contributed by atoms with Crippen molar-refractivity contribution in [1.29, 1.82) is 0 Å². The second-order valence-corrected chi connectivity index (χ2v) is 7.99. The molecule has 0 aliphatic rings. The molecule has 0 amide bonds. The number of aromatic nitrogens is 1. The molecule has 0 aliphatic heterocycles. The molecule has 0 atom stereocenters. The van der Waals surface area contributed by atoms with Crippen molar-refractivity contribution < 1.29 is 0 Å². The van der Waals surface area contributed by atoms with Gasteiger partial charge in [0.05, 0.1) is 6.54 Å². The number of nitrogens with zero attached hydrogens (tertiary/aromatic N) is 2. The first-order valence-corrected chi connectivity index (χ1v) is 9.23. The highest BCUT2D eigenvalue weighted by Crippen LogP contribution is 2.23. The molecule has 6 heteroatoms. The van der Waals surface area contributed by atoms with Crippen molar-refractivity contribution in [3.05, 3.63) is 51.5 Å². The van der Waals surface area contributed by atoms with Crippen LogP contribution in [0, 0.1) is 13.8 Å². The van der Waals surface area contributed by atoms with Crippen LogP contribution in [0.5, 0.6) is 0 Å². The number of nitrogens with one attached hydrogen (secondary N) is 2. The smallest absolute Gasteiger partial charge is 0.191 e. The van der Waals surface area contributed by atoms with Gasteiger partial charge >= 0.3 is 0 Å². The molecule has 25 heavy (non-hydrogen) atoms. The number of rotatable bonds is 6. The number of aryl methyl sites for hydroxylation is 2. The Kier molecular flexibility index (Phi) is 8.85. The molecule has 1 aromatic heterocycles. The van der Waals surface area contributed by atoms with Gasteiger partial charge < -0.3 is 10.6 Å². The summed E-state index contributed by atoms with van der Waals surface area (Å²) in [7, 11) is 0. The van der Waals surface area contributed by atoms with Crippen molar-refractivity contribution in [2.24, 2.45) is 4.99 Å². The highest BCUT2D eigenvalue weighted by Gasteiger charge is 2.21. The predicted octanol–water partition coefficient (Wildman–Crippen LogP) is 4.41. The quantitative estimate of drug-likeness (QED) is 0.372. The Morgan fingerprint density at radius 3 is 2.60 bits per heavy atom. The van der Waals surface area contributed by atoms with E-state index in [2.05, 4.69) is 79.5 Å². The molecule has 0 fully saturated rings. The van der Waals surface area contributed by atoms with Crippen LogP contribution in [0.3, 0.4) is 0 Å². The fourth-order valence-corrected chi connectivity index (χ4v) is 3.15. The lowest BCUT2D eigenvalue weighted by Gasteiger charge is -2.27. The summed E-state index contributed by atoms with van der Waals surface area (Å²) in [5.41, 5.74) is 2.65. The third kappa shape index (κ3) is 6.93. The van der Waals surface area contributed by atoms with Crippen molar-refractivity contribution in [3.63, 3.8) is 0 Å². The number of halogens is 1. The van der Waals surface area contributed by atoms with E-state index >= 15 is 0 Å². The van der Waals surface area contributed by atoms with Gasteiger partial charge in [-0.3, -0.25) is 0 Å². The first-order chi connectivity index (χ1) is 11.4. The zero-order valence-corrected chi connectivity index (χ0v) is 18.9. The largest absolute Gasteiger partial charge is 0.357 e. The van der Waals surface area contributed by atoms with Crippen LogP contribution in [0.1, 0.15) is 41.8 Å². The molecule has 1 heterocycles. The lowest BCUT2D eigenvalue weighted by atomic mass is 9.84. The lowest BCUT2D eigenvalue weighted by Crippen LogP contribution is -2.43. The fraction of sp³-hybridized carbons (Fsp3) is 0.474. The summed E-state index contributed by atoms with van der Waals surface area (Å²) in [5, 5.41) is 7.83. The van der Waals surface area contributed by atoms with Gasteiger partial charge in [0.2, 0.25) is 0 Å². The van der Waals surface area contributed by atoms with Gasteiger partial charge in [-0.15, -0.1) is 35.3 Å². The Morgan fingerprint density at radius 1 is 1.24 bits per heavy atom. The molecule has 138 valence electrons. The maximum Gasteiger partial charge on any atom is 0.191 e. The summed E-state index contributed by atoms with van der Waals surface area (Å²) in [5.74, 6) is 0.839. The molecule has 0 saturated heterocycles. The van der Waals surface area contributed by atoms with Crippen molar-refractivity contribution in [1.82, 2.24) is 15.6 Å². The van der Waals surface area contributed by atoms with E-state index in [4.69, 9.17) is 0 Å². The second-order valence-electron chi connectivity index (χ2n) is 6.67. The summed E-state index contributed by atoms with van der Waals surface area (Å²) in [6.07, 6.45) is 1.90. The highest BCUT2D eigenvalue weighted by molar-refractivity contribution is 14.0. The molecular weight excluding hydrogens is 443 g/mol. The van der Waals surface area contributed by atoms with Gasteiger partial charge in [0.1, 0.15) is 5.01 Å². The van der Waals surface area contributed by atoms with E-state index in [9.17, 15) is 0 Å². The Balaban J connectivity index is 0.00000312. The van der Waals surface area contributed by atoms with E-state index in [0.29, 0.717) is 6.54 Å². The molecule has 0 unspecified atom stereocenters. The van der Waals surface area contributed by atoms with Crippen LogP contribution in [0.4, 0.5) is 0 Å². The van der Waals surface area contributed by atoms with Crippen LogP contribution >= 0.6 is 35.3 Å². The summed E-state index contributed by atoms with van der Waals surface area (Å²) < 4.78 is 0. The van der Waals surface area contributed by atoms with Gasteiger partial charge in [0, 0.05) is 29.6 Å². The maximum atomic E-state index is 4.65. The average molecular weight is 472 g/mol. The topological polar surface area (TPSA) is 49.3 Å². The lowest BCUT2D eigenvalue weighted by molar-refractivity contribution is 0.508. The Bertz CT molecular complexity index is 694. The summed E-state index contributed by atoms with van der Waals surface area (Å²) >= 11 is 1.70. The number of guanidine groups is 1. The molecular formula is C19H29IN4S. The number of aliphatic imine (C=N–C) groups is 1. The van der Waals surface area contributed by atoms with Crippen LogP contribution in [0.15, 0.2) is 35.5 Å². The minimum Gasteiger partial charge on any atom is -0.357 e. The zero-order chi connectivity index (χ0) is 17.6. The first-order valence-electron chi connectivity index (χ1n) is 8.41. The summed E-state index contributed by atoms with van der Waals surface area (Å²) in [6.45, 7) is 13.1. The summed E-state index contributed by atoms with van der Waals surface area (Å²) in [6, 6.07) is 8.70. The Labute approximate surface area is 172 Å². The molecule has 4 nitrogen and oxygen atoms in total. The SMILES string of the molecule is CCNC(=NCc1ncc(C)s1)NCC(C)(C)c1cccc(C)c1.I. The molecule has 0 aliphatic carbocycles. The van der Waals surface area contributed by atoms with E-state index in [1.807, 2.05) is 6.20 Å². The van der Waals surface area contributed by atoms with Crippen molar-refractivity contribution >= 4 is 41.3 Å². The molecule has 2 N–H and O–H groups in total. The third-order valence-corrected chi connectivity index (χ3v) is 4.78. The zero-order valence-electron chi connectivity index (χ0n) is 15.7. The molecule has 0 saturated carbocycles. The van der Waals surface area contributed by atoms with E-state index < -0.39 is 0 Å². The van der Waals surface area contributed by atoms with Crippen LogP contribution in [-0.4, -0.2) is 24.0 Å². The molecule has 0 spiro atoms. The first kappa shape index (κ1) is 21.9. The van der Waals surface area contributed by atoms with Gasteiger partial charge in [-0.25, -0.2) is 9.98 Å². The summed E-state index contributed by atoms with van der Waals surface area (Å²) in [4.78, 5) is 10.2. The number of benzene rings is 1. The Morgan fingerprint density at radius 2 is 2.00 bits per heavy atom. The van der Waals surface area contributed by atoms with E-state index in [1.54, 1.807) is 11.3 Å². The van der Waals surface area contributed by atoms with Crippen LogP contribution in [0.2, 0.25) is 0 Å². The van der Waals surface area contributed by atoms with Gasteiger partial charge in [0.15, 0.2) is 5.96 Å². The number of hydrogen-bond donors (Lipinski definition) is 2. The van der Waals surface area contributed by atoms with E-state index in [-0.39, 0.29) is 29.4 Å². The van der Waals surface area contributed by atoms with Crippen LogP contribution in [0.25, 0.3) is 0 Å². The van der Waals surface area contributed by atoms with E-state index in [0.717, 1.165) is 24.1 Å². The number of hydrogen-bond acceptors (Lipinski definition) is 3. The van der Waals surface area contributed by atoms with Crippen molar-refractivity contribution in [2.45, 2.75) is 46.6 Å². The molecule has 1 aromatic carbocycles. The van der Waals surface area contributed by atoms with E-state index in [1.165, 1.54) is 16.0 Å². The Hall–Kier alpha value is -1.15. The van der Waals surface area contributed by atoms with Crippen LogP contribution in [-0.2, 0) is 12.0 Å². The third-order valence-electron chi connectivity index (χ3n) is 3.88.